The summed E-state index contributed by atoms with van der Waals surface area (Å²) in [4.78, 5) is 28.5. The van der Waals surface area contributed by atoms with E-state index in [-0.39, 0.29) is 11.4 Å². The molecule has 0 aliphatic carbocycles. The number of anilines is 1. The molecule has 1 N–H and O–H groups in total. The number of carbonyl (C=O) groups is 1. The Morgan fingerprint density at radius 3 is 2.83 bits per heavy atom. The minimum atomic E-state index is -0.408. The van der Waals surface area contributed by atoms with Gasteiger partial charge in [-0.1, -0.05) is 6.07 Å². The van der Waals surface area contributed by atoms with E-state index in [0.29, 0.717) is 35.7 Å². The number of nitrogens with zero attached hydrogens (tertiary/aromatic N) is 9. The molecule has 0 bridgehead atoms. The van der Waals surface area contributed by atoms with Crippen LogP contribution < -0.4 is 10.1 Å². The lowest BCUT2D eigenvalue weighted by Crippen LogP contribution is -2.14. The SMILES string of the molecule is COc1nn(-c2cnc(CN(C)C)cn2)cc1C(=O)Nc1cccc(-c2nnc3n2[C@@H](C)CC3)n1. The van der Waals surface area contributed by atoms with Gasteiger partial charge in [-0.05, 0) is 39.6 Å². The first kappa shape index (κ1) is 22.6. The molecule has 1 amide bonds. The van der Waals surface area contributed by atoms with Crippen LogP contribution in [-0.4, -0.2) is 71.5 Å². The van der Waals surface area contributed by atoms with E-state index < -0.39 is 5.91 Å². The van der Waals surface area contributed by atoms with Gasteiger partial charge < -0.3 is 19.5 Å². The molecule has 35 heavy (non-hydrogen) atoms. The monoisotopic (exact) mass is 474 g/mol. The molecule has 0 saturated heterocycles. The quantitative estimate of drug-likeness (QED) is 0.428. The highest BCUT2D eigenvalue weighted by Gasteiger charge is 2.25. The zero-order valence-electron chi connectivity index (χ0n) is 20.0. The number of pyridine rings is 1. The van der Waals surface area contributed by atoms with E-state index in [2.05, 4.69) is 47.1 Å². The average Bonchev–Trinajstić information content (AvgIpc) is 3.56. The first-order chi connectivity index (χ1) is 16.9. The van der Waals surface area contributed by atoms with Crippen molar-refractivity contribution in [3.8, 4) is 23.2 Å². The minimum Gasteiger partial charge on any atom is -0.479 e. The van der Waals surface area contributed by atoms with Gasteiger partial charge in [0.15, 0.2) is 11.6 Å². The second kappa shape index (κ2) is 9.22. The topological polar surface area (TPSA) is 129 Å². The van der Waals surface area contributed by atoms with Gasteiger partial charge in [-0.25, -0.2) is 14.6 Å². The van der Waals surface area contributed by atoms with Crippen molar-refractivity contribution in [2.45, 2.75) is 32.4 Å². The largest absolute Gasteiger partial charge is 0.479 e. The second-order valence-electron chi connectivity index (χ2n) is 8.66. The van der Waals surface area contributed by atoms with Gasteiger partial charge >= 0.3 is 0 Å². The number of aromatic nitrogens is 8. The molecule has 1 aliphatic heterocycles. The fourth-order valence-corrected chi connectivity index (χ4v) is 4.07. The molecule has 4 aromatic heterocycles. The summed E-state index contributed by atoms with van der Waals surface area (Å²) in [5.41, 5.74) is 1.72. The van der Waals surface area contributed by atoms with E-state index in [0.717, 1.165) is 24.4 Å². The molecule has 0 saturated carbocycles. The lowest BCUT2D eigenvalue weighted by Gasteiger charge is -2.10. The number of ether oxygens (including phenoxy) is 1. The van der Waals surface area contributed by atoms with Crippen LogP contribution in [0.15, 0.2) is 36.8 Å². The molecule has 0 radical (unpaired) electrons. The number of amides is 1. The number of rotatable bonds is 7. The minimum absolute atomic E-state index is 0.168. The van der Waals surface area contributed by atoms with Gasteiger partial charge in [0.25, 0.3) is 5.91 Å². The maximum Gasteiger partial charge on any atom is 0.263 e. The van der Waals surface area contributed by atoms with Gasteiger partial charge in [-0.2, -0.15) is 0 Å². The second-order valence-corrected chi connectivity index (χ2v) is 8.66. The molecule has 12 nitrogen and oxygen atoms in total. The van der Waals surface area contributed by atoms with Crippen LogP contribution in [0, 0.1) is 0 Å². The number of aryl methyl sites for hydroxylation is 1. The van der Waals surface area contributed by atoms with Gasteiger partial charge in [0.2, 0.25) is 5.88 Å². The van der Waals surface area contributed by atoms with Crippen molar-refractivity contribution >= 4 is 11.7 Å². The zero-order valence-corrected chi connectivity index (χ0v) is 20.0. The van der Waals surface area contributed by atoms with E-state index >= 15 is 0 Å². The summed E-state index contributed by atoms with van der Waals surface area (Å²) in [6.07, 6.45) is 6.77. The molecular weight excluding hydrogens is 448 g/mol. The van der Waals surface area contributed by atoms with Crippen LogP contribution in [-0.2, 0) is 13.0 Å². The van der Waals surface area contributed by atoms with Crippen molar-refractivity contribution in [1.82, 2.24) is 44.4 Å². The maximum atomic E-state index is 13.1. The standard InChI is InChI=1S/C23H26N10O2/c1-14-8-9-19-28-29-21(33(14)19)17-6-5-7-18(26-17)27-22(34)16-13-32(30-23(16)35-4)20-11-24-15(10-25-20)12-31(2)3/h5-7,10-11,13-14H,8-9,12H2,1-4H3,(H,26,27,34)/t14-/m0/s1. The summed E-state index contributed by atoms with van der Waals surface area (Å²) in [6.45, 7) is 2.81. The van der Waals surface area contributed by atoms with Crippen LogP contribution in [0.2, 0.25) is 0 Å². The van der Waals surface area contributed by atoms with Crippen LogP contribution in [0.1, 0.15) is 41.3 Å². The maximum absolute atomic E-state index is 13.1. The highest BCUT2D eigenvalue weighted by molar-refractivity contribution is 6.05. The number of carbonyl (C=O) groups excluding carboxylic acids is 1. The van der Waals surface area contributed by atoms with E-state index in [1.165, 1.54) is 11.8 Å². The summed E-state index contributed by atoms with van der Waals surface area (Å²) < 4.78 is 8.90. The Balaban J connectivity index is 1.37. The Labute approximate surface area is 202 Å². The van der Waals surface area contributed by atoms with Crippen molar-refractivity contribution in [3.63, 3.8) is 0 Å². The Morgan fingerprint density at radius 1 is 1.23 bits per heavy atom. The number of nitrogens with one attached hydrogen (secondary N) is 1. The van der Waals surface area contributed by atoms with Crippen molar-refractivity contribution in [1.29, 1.82) is 0 Å². The molecule has 180 valence electrons. The lowest BCUT2D eigenvalue weighted by atomic mass is 10.2. The Kier molecular flexibility index (Phi) is 5.95. The van der Waals surface area contributed by atoms with Crippen molar-refractivity contribution < 1.29 is 9.53 Å². The van der Waals surface area contributed by atoms with Crippen LogP contribution in [0.5, 0.6) is 5.88 Å². The summed E-state index contributed by atoms with van der Waals surface area (Å²) in [7, 11) is 5.38. The number of hydrogen-bond donors (Lipinski definition) is 1. The molecule has 1 aliphatic rings. The van der Waals surface area contributed by atoms with Crippen molar-refractivity contribution in [2.24, 2.45) is 0 Å². The first-order valence-electron chi connectivity index (χ1n) is 11.2. The molecule has 0 fully saturated rings. The molecular formula is C23H26N10O2. The molecule has 0 aromatic carbocycles. The summed E-state index contributed by atoms with van der Waals surface area (Å²) >= 11 is 0. The van der Waals surface area contributed by atoms with E-state index in [4.69, 9.17) is 4.74 Å². The lowest BCUT2D eigenvalue weighted by molar-refractivity contribution is 0.102. The van der Waals surface area contributed by atoms with Gasteiger partial charge in [-0.15, -0.1) is 15.3 Å². The molecule has 12 heteroatoms. The number of methoxy groups -OCH3 is 1. The first-order valence-corrected chi connectivity index (χ1v) is 11.2. The van der Waals surface area contributed by atoms with Crippen LogP contribution in [0.3, 0.4) is 0 Å². The molecule has 0 unspecified atom stereocenters. The predicted molar refractivity (Wildman–Crippen MR) is 127 cm³/mol. The third-order valence-corrected chi connectivity index (χ3v) is 5.74. The molecule has 0 spiro atoms. The Morgan fingerprint density at radius 2 is 2.09 bits per heavy atom. The van der Waals surface area contributed by atoms with Gasteiger partial charge in [0, 0.05) is 25.2 Å². The third kappa shape index (κ3) is 4.47. The molecule has 5 heterocycles. The van der Waals surface area contributed by atoms with Crippen LogP contribution >= 0.6 is 0 Å². The summed E-state index contributed by atoms with van der Waals surface area (Å²) in [6, 6.07) is 5.71. The normalized spacial score (nSPS) is 14.8. The zero-order chi connectivity index (χ0) is 24.5. The van der Waals surface area contributed by atoms with Crippen molar-refractivity contribution in [3.05, 3.63) is 53.9 Å². The average molecular weight is 475 g/mol. The molecule has 1 atom stereocenters. The summed E-state index contributed by atoms with van der Waals surface area (Å²) in [5, 5.41) is 15.8. The summed E-state index contributed by atoms with van der Waals surface area (Å²) in [5.74, 6) is 2.27. The van der Waals surface area contributed by atoms with Crippen LogP contribution in [0.25, 0.3) is 17.3 Å². The van der Waals surface area contributed by atoms with Crippen LogP contribution in [0.4, 0.5) is 5.82 Å². The molecule has 4 aromatic rings. The molecule has 5 rings (SSSR count). The fourth-order valence-electron chi connectivity index (χ4n) is 4.07. The van der Waals surface area contributed by atoms with E-state index in [1.807, 2.05) is 31.1 Å². The Hall–Kier alpha value is -4.19. The van der Waals surface area contributed by atoms with Gasteiger partial charge in [-0.3, -0.25) is 9.78 Å². The van der Waals surface area contributed by atoms with Gasteiger partial charge in [0.05, 0.1) is 25.2 Å². The van der Waals surface area contributed by atoms with Gasteiger partial charge in [0.1, 0.15) is 22.9 Å². The van der Waals surface area contributed by atoms with E-state index in [9.17, 15) is 4.79 Å². The van der Waals surface area contributed by atoms with E-state index in [1.54, 1.807) is 24.7 Å². The third-order valence-electron chi connectivity index (χ3n) is 5.74. The Bertz CT molecular complexity index is 1360. The fraction of sp³-hybridized carbons (Fsp3) is 0.348. The number of hydrogen-bond acceptors (Lipinski definition) is 9. The predicted octanol–water partition coefficient (Wildman–Crippen LogP) is 2.15. The smallest absolute Gasteiger partial charge is 0.263 e. The highest BCUT2D eigenvalue weighted by Crippen LogP contribution is 2.30. The van der Waals surface area contributed by atoms with Crippen molar-refractivity contribution in [2.75, 3.05) is 26.5 Å². The highest BCUT2D eigenvalue weighted by atomic mass is 16.5. The number of fused-ring (bicyclic) bond motifs is 1.